The van der Waals surface area contributed by atoms with Gasteiger partial charge in [0, 0.05) is 17.5 Å². The summed E-state index contributed by atoms with van der Waals surface area (Å²) in [6.45, 7) is 1.19. The Morgan fingerprint density at radius 3 is 2.64 bits per heavy atom. The fourth-order valence-corrected chi connectivity index (χ4v) is 3.38. The minimum Gasteiger partial charge on any atom is -0.506 e. The molecular formula is C16H12FN3O4S. The number of aryl methyl sites for hydroxylation is 1. The third-order valence-corrected chi connectivity index (χ3v) is 4.79. The van der Waals surface area contributed by atoms with E-state index in [9.17, 15) is 22.7 Å². The summed E-state index contributed by atoms with van der Waals surface area (Å²) in [6.07, 6.45) is 1.52. The molecule has 2 aromatic rings. The SMILES string of the molecule is Cc1ccc(C#Cc2ccc(O)c(N3CC(=O)NS3(=O)=O)c2F)cn1. The van der Waals surface area contributed by atoms with Crippen LogP contribution in [0.2, 0.25) is 0 Å². The second-order valence-electron chi connectivity index (χ2n) is 5.27. The molecule has 2 heterocycles. The molecule has 1 aromatic heterocycles. The maximum Gasteiger partial charge on any atom is 0.326 e. The van der Waals surface area contributed by atoms with Crippen LogP contribution in [0.5, 0.6) is 5.75 Å². The van der Waals surface area contributed by atoms with Crippen LogP contribution >= 0.6 is 0 Å². The highest BCUT2D eigenvalue weighted by atomic mass is 32.2. The number of nitrogens with one attached hydrogen (secondary N) is 1. The molecule has 0 unspecified atom stereocenters. The second-order valence-corrected chi connectivity index (χ2v) is 6.87. The molecule has 7 nitrogen and oxygen atoms in total. The van der Waals surface area contributed by atoms with Gasteiger partial charge in [0.2, 0.25) is 0 Å². The Morgan fingerprint density at radius 1 is 1.28 bits per heavy atom. The molecule has 0 aliphatic carbocycles. The van der Waals surface area contributed by atoms with Crippen molar-refractivity contribution in [3.8, 4) is 17.6 Å². The normalized spacial score (nSPS) is 15.4. The molecule has 0 radical (unpaired) electrons. The molecule has 25 heavy (non-hydrogen) atoms. The highest BCUT2D eigenvalue weighted by molar-refractivity contribution is 7.92. The van der Waals surface area contributed by atoms with Crippen molar-refractivity contribution in [1.82, 2.24) is 9.71 Å². The Morgan fingerprint density at radius 2 is 2.04 bits per heavy atom. The lowest BCUT2D eigenvalue weighted by atomic mass is 10.1. The number of aromatic nitrogens is 1. The van der Waals surface area contributed by atoms with Gasteiger partial charge in [-0.25, -0.2) is 13.4 Å². The van der Waals surface area contributed by atoms with Crippen LogP contribution in [0.3, 0.4) is 0 Å². The minimum absolute atomic E-state index is 0.122. The lowest BCUT2D eigenvalue weighted by molar-refractivity contribution is -0.117. The van der Waals surface area contributed by atoms with Crippen LogP contribution in [0.4, 0.5) is 10.1 Å². The summed E-state index contributed by atoms with van der Waals surface area (Å²) in [4.78, 5) is 15.4. The van der Waals surface area contributed by atoms with E-state index >= 15 is 0 Å². The number of carbonyl (C=O) groups excluding carboxylic acids is 1. The molecule has 1 fully saturated rings. The van der Waals surface area contributed by atoms with E-state index in [-0.39, 0.29) is 5.56 Å². The summed E-state index contributed by atoms with van der Waals surface area (Å²) in [5, 5.41) is 9.87. The minimum atomic E-state index is -4.25. The third kappa shape index (κ3) is 3.25. The van der Waals surface area contributed by atoms with Crippen molar-refractivity contribution in [3.63, 3.8) is 0 Å². The summed E-state index contributed by atoms with van der Waals surface area (Å²) >= 11 is 0. The van der Waals surface area contributed by atoms with Gasteiger partial charge in [0.1, 0.15) is 18.0 Å². The highest BCUT2D eigenvalue weighted by Gasteiger charge is 2.37. The fourth-order valence-electron chi connectivity index (χ4n) is 2.22. The summed E-state index contributed by atoms with van der Waals surface area (Å²) in [7, 11) is -4.25. The highest BCUT2D eigenvalue weighted by Crippen LogP contribution is 2.34. The van der Waals surface area contributed by atoms with E-state index in [1.54, 1.807) is 16.9 Å². The lowest BCUT2D eigenvalue weighted by Crippen LogP contribution is -2.30. The molecule has 0 spiro atoms. The number of aromatic hydroxyl groups is 1. The number of halogens is 1. The van der Waals surface area contributed by atoms with Gasteiger partial charge in [0.15, 0.2) is 5.82 Å². The molecule has 0 atom stereocenters. The van der Waals surface area contributed by atoms with Gasteiger partial charge in [-0.2, -0.15) is 8.42 Å². The van der Waals surface area contributed by atoms with E-state index in [0.717, 1.165) is 11.8 Å². The number of hydrogen-bond acceptors (Lipinski definition) is 5. The van der Waals surface area contributed by atoms with E-state index in [0.29, 0.717) is 9.87 Å². The fraction of sp³-hybridized carbons (Fsp3) is 0.125. The Labute approximate surface area is 143 Å². The first-order valence-electron chi connectivity index (χ1n) is 7.07. The Bertz CT molecular complexity index is 1020. The van der Waals surface area contributed by atoms with Gasteiger partial charge in [-0.15, -0.1) is 0 Å². The Kier molecular flexibility index (Phi) is 4.06. The van der Waals surface area contributed by atoms with E-state index in [2.05, 4.69) is 16.8 Å². The van der Waals surface area contributed by atoms with Crippen LogP contribution in [0, 0.1) is 24.6 Å². The number of rotatable bonds is 1. The zero-order chi connectivity index (χ0) is 18.2. The van der Waals surface area contributed by atoms with Gasteiger partial charge in [-0.1, -0.05) is 11.8 Å². The van der Waals surface area contributed by atoms with E-state index in [1.807, 2.05) is 6.92 Å². The number of nitrogens with zero attached hydrogens (tertiary/aromatic N) is 2. The predicted octanol–water partition coefficient (Wildman–Crippen LogP) is 0.816. The molecule has 1 aliphatic heterocycles. The number of anilines is 1. The van der Waals surface area contributed by atoms with Crippen molar-refractivity contribution < 1.29 is 22.7 Å². The number of phenolic OH excluding ortho intramolecular Hbond substituents is 1. The van der Waals surface area contributed by atoms with Crippen LogP contribution < -0.4 is 9.03 Å². The number of carbonyl (C=O) groups is 1. The van der Waals surface area contributed by atoms with Crippen molar-refractivity contribution in [2.24, 2.45) is 0 Å². The van der Waals surface area contributed by atoms with Crippen molar-refractivity contribution in [2.45, 2.75) is 6.92 Å². The summed E-state index contributed by atoms with van der Waals surface area (Å²) in [5.74, 6) is 2.82. The van der Waals surface area contributed by atoms with Crippen LogP contribution in [-0.2, 0) is 15.0 Å². The number of amides is 1. The zero-order valence-electron chi connectivity index (χ0n) is 12.9. The lowest BCUT2D eigenvalue weighted by Gasteiger charge is -2.17. The van der Waals surface area contributed by atoms with Gasteiger partial charge in [0.25, 0.3) is 5.91 Å². The summed E-state index contributed by atoms with van der Waals surface area (Å²) in [6, 6.07) is 5.80. The van der Waals surface area contributed by atoms with Gasteiger partial charge in [0.05, 0.1) is 5.56 Å². The number of hydrogen-bond donors (Lipinski definition) is 2. The smallest absolute Gasteiger partial charge is 0.326 e. The van der Waals surface area contributed by atoms with Crippen molar-refractivity contribution in [2.75, 3.05) is 10.8 Å². The van der Waals surface area contributed by atoms with Crippen LogP contribution in [-0.4, -0.2) is 31.0 Å². The molecule has 9 heteroatoms. The first-order valence-corrected chi connectivity index (χ1v) is 8.51. The maximum absolute atomic E-state index is 14.7. The first-order chi connectivity index (χ1) is 11.8. The van der Waals surface area contributed by atoms with Crippen molar-refractivity contribution >= 4 is 21.8 Å². The molecule has 2 N–H and O–H groups in total. The largest absolute Gasteiger partial charge is 0.506 e. The van der Waals surface area contributed by atoms with Crippen LogP contribution in [0.25, 0.3) is 0 Å². The maximum atomic E-state index is 14.7. The molecule has 0 bridgehead atoms. The summed E-state index contributed by atoms with van der Waals surface area (Å²) < 4.78 is 40.6. The van der Waals surface area contributed by atoms with Crippen LogP contribution in [0.15, 0.2) is 30.5 Å². The first kappa shape index (κ1) is 16.7. The topological polar surface area (TPSA) is 99.6 Å². The molecule has 128 valence electrons. The van der Waals surface area contributed by atoms with E-state index < -0.39 is 39.9 Å². The molecule has 1 aliphatic rings. The summed E-state index contributed by atoms with van der Waals surface area (Å²) in [5.41, 5.74) is 0.612. The zero-order valence-corrected chi connectivity index (χ0v) is 13.8. The van der Waals surface area contributed by atoms with E-state index in [1.165, 1.54) is 12.3 Å². The predicted molar refractivity (Wildman–Crippen MR) is 87.4 cm³/mol. The Hall–Kier alpha value is -3.12. The van der Waals surface area contributed by atoms with Gasteiger partial charge in [-0.05, 0) is 31.2 Å². The number of phenols is 1. The molecule has 1 saturated heterocycles. The van der Waals surface area contributed by atoms with Gasteiger partial charge >= 0.3 is 10.2 Å². The number of pyridine rings is 1. The molecule has 1 amide bonds. The quantitative estimate of drug-likeness (QED) is 0.733. The van der Waals surface area contributed by atoms with Gasteiger partial charge < -0.3 is 5.11 Å². The molecule has 1 aromatic carbocycles. The molecule has 3 rings (SSSR count). The van der Waals surface area contributed by atoms with Crippen molar-refractivity contribution in [1.29, 1.82) is 0 Å². The number of benzene rings is 1. The van der Waals surface area contributed by atoms with Gasteiger partial charge in [-0.3, -0.25) is 9.78 Å². The monoisotopic (exact) mass is 361 g/mol. The van der Waals surface area contributed by atoms with Crippen LogP contribution in [0.1, 0.15) is 16.8 Å². The second kappa shape index (κ2) is 6.07. The Balaban J connectivity index is 2.04. The molecule has 0 saturated carbocycles. The van der Waals surface area contributed by atoms with E-state index in [4.69, 9.17) is 0 Å². The standard InChI is InChI=1S/C16H12FN3O4S/c1-10-2-3-11(8-18-10)4-5-12-6-7-13(21)16(15(12)17)20-9-14(22)19-25(20,23)24/h2-3,6-8,21H,9H2,1H3,(H,19,22). The third-order valence-electron chi connectivity index (χ3n) is 3.42. The van der Waals surface area contributed by atoms with Crippen molar-refractivity contribution in [3.05, 3.63) is 53.1 Å². The average Bonchev–Trinajstić information content (AvgIpc) is 2.81. The average molecular weight is 361 g/mol. The molecular weight excluding hydrogens is 349 g/mol.